The van der Waals surface area contributed by atoms with Crippen molar-refractivity contribution in [3.63, 3.8) is 0 Å². The van der Waals surface area contributed by atoms with Gasteiger partial charge < -0.3 is 19.5 Å². The van der Waals surface area contributed by atoms with E-state index in [0.717, 1.165) is 22.0 Å². The van der Waals surface area contributed by atoms with Crippen LogP contribution in [0.4, 0.5) is 10.5 Å². The first-order chi connectivity index (χ1) is 13.6. The molecule has 28 heavy (non-hydrogen) atoms. The van der Waals surface area contributed by atoms with Crippen LogP contribution in [0.5, 0.6) is 0 Å². The van der Waals surface area contributed by atoms with E-state index in [1.54, 1.807) is 33.3 Å². The summed E-state index contributed by atoms with van der Waals surface area (Å²) in [5.41, 5.74) is 2.76. The first-order valence-corrected chi connectivity index (χ1v) is 9.89. The highest BCUT2D eigenvalue weighted by molar-refractivity contribution is 7.13. The Morgan fingerprint density at radius 2 is 1.79 bits per heavy atom. The SMILES string of the molecule is Cc1csc(-c2ccc(NC(=O)N3CCN(C(=O)c4ccco4)CC3)cc2)n1. The monoisotopic (exact) mass is 396 g/mol. The number of hydrogen-bond acceptors (Lipinski definition) is 5. The fourth-order valence-corrected chi connectivity index (χ4v) is 3.86. The summed E-state index contributed by atoms with van der Waals surface area (Å²) >= 11 is 1.60. The van der Waals surface area contributed by atoms with Gasteiger partial charge in [-0.1, -0.05) is 0 Å². The summed E-state index contributed by atoms with van der Waals surface area (Å²) in [7, 11) is 0. The Hall–Kier alpha value is -3.13. The highest BCUT2D eigenvalue weighted by Gasteiger charge is 2.26. The Morgan fingerprint density at radius 3 is 2.39 bits per heavy atom. The molecule has 2 aromatic heterocycles. The summed E-state index contributed by atoms with van der Waals surface area (Å²) in [5, 5.41) is 5.90. The first kappa shape index (κ1) is 18.2. The molecule has 0 radical (unpaired) electrons. The van der Waals surface area contributed by atoms with E-state index in [1.807, 2.05) is 36.6 Å². The van der Waals surface area contributed by atoms with Crippen LogP contribution >= 0.6 is 11.3 Å². The number of hydrogen-bond donors (Lipinski definition) is 1. The van der Waals surface area contributed by atoms with Crippen LogP contribution in [0.1, 0.15) is 16.2 Å². The van der Waals surface area contributed by atoms with Gasteiger partial charge >= 0.3 is 6.03 Å². The van der Waals surface area contributed by atoms with E-state index in [0.29, 0.717) is 31.9 Å². The number of nitrogens with one attached hydrogen (secondary N) is 1. The molecule has 8 heteroatoms. The molecule has 1 N–H and O–H groups in total. The van der Waals surface area contributed by atoms with Crippen molar-refractivity contribution in [2.75, 3.05) is 31.5 Å². The van der Waals surface area contributed by atoms with Gasteiger partial charge in [-0.05, 0) is 43.3 Å². The fraction of sp³-hybridized carbons (Fsp3) is 0.250. The molecule has 0 bridgehead atoms. The second-order valence-electron chi connectivity index (χ2n) is 6.56. The number of piperazine rings is 1. The Morgan fingerprint density at radius 1 is 1.07 bits per heavy atom. The van der Waals surface area contributed by atoms with Gasteiger partial charge in [-0.25, -0.2) is 9.78 Å². The standard InChI is InChI=1S/C20H20N4O3S/c1-14-13-28-18(21-14)15-4-6-16(7-5-15)22-20(26)24-10-8-23(9-11-24)19(25)17-3-2-12-27-17/h2-7,12-13H,8-11H2,1H3,(H,22,26). The Labute approximate surface area is 166 Å². The molecule has 1 aliphatic heterocycles. The van der Waals surface area contributed by atoms with E-state index < -0.39 is 0 Å². The molecular weight excluding hydrogens is 376 g/mol. The summed E-state index contributed by atoms with van der Waals surface area (Å²) in [6.07, 6.45) is 1.48. The van der Waals surface area contributed by atoms with Gasteiger partial charge in [0.05, 0.1) is 6.26 Å². The third kappa shape index (κ3) is 3.91. The van der Waals surface area contributed by atoms with Gasteiger partial charge in [0.1, 0.15) is 5.01 Å². The van der Waals surface area contributed by atoms with E-state index in [4.69, 9.17) is 4.42 Å². The average Bonchev–Trinajstić information content (AvgIpc) is 3.40. The minimum Gasteiger partial charge on any atom is -0.459 e. The lowest BCUT2D eigenvalue weighted by Gasteiger charge is -2.34. The number of aromatic nitrogens is 1. The Bertz CT molecular complexity index is 958. The van der Waals surface area contributed by atoms with Gasteiger partial charge in [0.2, 0.25) is 0 Å². The van der Waals surface area contributed by atoms with Crippen LogP contribution in [0, 0.1) is 6.92 Å². The molecule has 144 valence electrons. The lowest BCUT2D eigenvalue weighted by Crippen LogP contribution is -2.51. The summed E-state index contributed by atoms with van der Waals surface area (Å²) in [6.45, 7) is 3.89. The van der Waals surface area contributed by atoms with E-state index in [9.17, 15) is 9.59 Å². The van der Waals surface area contributed by atoms with Crippen molar-refractivity contribution in [3.8, 4) is 10.6 Å². The zero-order valence-electron chi connectivity index (χ0n) is 15.4. The van der Waals surface area contributed by atoms with E-state index in [2.05, 4.69) is 10.3 Å². The smallest absolute Gasteiger partial charge is 0.321 e. The van der Waals surface area contributed by atoms with Crippen molar-refractivity contribution in [1.29, 1.82) is 0 Å². The summed E-state index contributed by atoms with van der Waals surface area (Å²) in [6, 6.07) is 10.8. The molecule has 4 rings (SSSR count). The topological polar surface area (TPSA) is 78.7 Å². The lowest BCUT2D eigenvalue weighted by molar-refractivity contribution is 0.0640. The van der Waals surface area contributed by atoms with Crippen LogP contribution in [0.3, 0.4) is 0 Å². The molecule has 0 aliphatic carbocycles. The number of urea groups is 1. The highest BCUT2D eigenvalue weighted by Crippen LogP contribution is 2.25. The van der Waals surface area contributed by atoms with Gasteiger partial charge in [-0.15, -0.1) is 11.3 Å². The maximum absolute atomic E-state index is 12.5. The number of nitrogens with zero attached hydrogens (tertiary/aromatic N) is 3. The van der Waals surface area contributed by atoms with Crippen LogP contribution in [-0.4, -0.2) is 52.9 Å². The minimum absolute atomic E-state index is 0.141. The maximum atomic E-state index is 12.5. The molecule has 3 heterocycles. The van der Waals surface area contributed by atoms with Crippen molar-refractivity contribution in [3.05, 3.63) is 59.5 Å². The zero-order chi connectivity index (χ0) is 19.5. The second-order valence-corrected chi connectivity index (χ2v) is 7.42. The number of amides is 3. The number of carbonyl (C=O) groups is 2. The van der Waals surface area contributed by atoms with Crippen molar-refractivity contribution in [1.82, 2.24) is 14.8 Å². The van der Waals surface area contributed by atoms with Crippen LogP contribution in [0.15, 0.2) is 52.5 Å². The third-order valence-corrected chi connectivity index (χ3v) is 5.60. The molecule has 0 unspecified atom stereocenters. The van der Waals surface area contributed by atoms with Crippen LogP contribution in [0.25, 0.3) is 10.6 Å². The van der Waals surface area contributed by atoms with Crippen molar-refractivity contribution in [2.24, 2.45) is 0 Å². The molecule has 0 atom stereocenters. The van der Waals surface area contributed by atoms with Crippen LogP contribution in [-0.2, 0) is 0 Å². The number of thiazole rings is 1. The lowest BCUT2D eigenvalue weighted by atomic mass is 10.2. The Kier molecular flexibility index (Phi) is 5.12. The molecular formula is C20H20N4O3S. The zero-order valence-corrected chi connectivity index (χ0v) is 16.2. The number of anilines is 1. The molecule has 1 fully saturated rings. The highest BCUT2D eigenvalue weighted by atomic mass is 32.1. The number of furan rings is 1. The van der Waals surface area contributed by atoms with Crippen molar-refractivity contribution >= 4 is 29.0 Å². The van der Waals surface area contributed by atoms with Gasteiger partial charge in [0.25, 0.3) is 5.91 Å². The predicted octanol–water partition coefficient (Wildman–Crippen LogP) is 3.70. The summed E-state index contributed by atoms with van der Waals surface area (Å²) in [5.74, 6) is 0.187. The second kappa shape index (κ2) is 7.85. The molecule has 3 amide bonds. The molecule has 1 aliphatic rings. The number of carbonyl (C=O) groups excluding carboxylic acids is 2. The average molecular weight is 396 g/mol. The minimum atomic E-state index is -0.164. The molecule has 3 aromatic rings. The summed E-state index contributed by atoms with van der Waals surface area (Å²) in [4.78, 5) is 32.7. The molecule has 7 nitrogen and oxygen atoms in total. The van der Waals surface area contributed by atoms with E-state index in [1.165, 1.54) is 6.26 Å². The predicted molar refractivity (Wildman–Crippen MR) is 107 cm³/mol. The maximum Gasteiger partial charge on any atom is 0.321 e. The van der Waals surface area contributed by atoms with Crippen molar-refractivity contribution in [2.45, 2.75) is 6.92 Å². The van der Waals surface area contributed by atoms with Gasteiger partial charge in [0, 0.05) is 48.5 Å². The molecule has 0 spiro atoms. The Balaban J connectivity index is 1.31. The largest absolute Gasteiger partial charge is 0.459 e. The number of rotatable bonds is 3. The van der Waals surface area contributed by atoms with Crippen LogP contribution in [0.2, 0.25) is 0 Å². The normalized spacial score (nSPS) is 14.2. The van der Waals surface area contributed by atoms with E-state index >= 15 is 0 Å². The quantitative estimate of drug-likeness (QED) is 0.732. The summed E-state index contributed by atoms with van der Waals surface area (Å²) < 4.78 is 5.16. The van der Waals surface area contributed by atoms with Crippen LogP contribution < -0.4 is 5.32 Å². The molecule has 1 saturated heterocycles. The van der Waals surface area contributed by atoms with Gasteiger partial charge in [0.15, 0.2) is 5.76 Å². The number of aryl methyl sites for hydroxylation is 1. The fourth-order valence-electron chi connectivity index (χ4n) is 3.05. The number of benzene rings is 1. The van der Waals surface area contributed by atoms with Crippen molar-refractivity contribution < 1.29 is 14.0 Å². The van der Waals surface area contributed by atoms with E-state index in [-0.39, 0.29) is 11.9 Å². The molecule has 0 saturated carbocycles. The van der Waals surface area contributed by atoms with Gasteiger partial charge in [-0.3, -0.25) is 4.79 Å². The first-order valence-electron chi connectivity index (χ1n) is 9.01. The third-order valence-electron chi connectivity index (χ3n) is 4.59. The molecule has 1 aromatic carbocycles. The van der Waals surface area contributed by atoms with Gasteiger partial charge in [-0.2, -0.15) is 0 Å².